The van der Waals surface area contributed by atoms with E-state index in [0.717, 1.165) is 11.1 Å². The zero-order valence-corrected chi connectivity index (χ0v) is 19.5. The number of fused-ring (bicyclic) bond motifs is 1. The van der Waals surface area contributed by atoms with Crippen molar-refractivity contribution in [3.63, 3.8) is 0 Å². The van der Waals surface area contributed by atoms with Gasteiger partial charge in [0, 0.05) is 35.2 Å². The molecular weight excluding hydrogens is 438 g/mol. The zero-order valence-electron chi connectivity index (χ0n) is 18.7. The number of pyridine rings is 1. The fourth-order valence-electron chi connectivity index (χ4n) is 3.10. The summed E-state index contributed by atoms with van der Waals surface area (Å²) < 4.78 is 1.68. The molecule has 0 fully saturated rings. The van der Waals surface area contributed by atoms with Gasteiger partial charge in [-0.15, -0.1) is 0 Å². The number of nitrogens with one attached hydrogen (secondary N) is 3. The fourth-order valence-corrected chi connectivity index (χ4v) is 3.26. The number of anilines is 2. The number of imidazole rings is 1. The van der Waals surface area contributed by atoms with Crippen LogP contribution in [0.2, 0.25) is 5.02 Å². The summed E-state index contributed by atoms with van der Waals surface area (Å²) in [5, 5.41) is 9.07. The van der Waals surface area contributed by atoms with E-state index in [1.807, 2.05) is 69.3 Å². The van der Waals surface area contributed by atoms with Crippen LogP contribution in [0.3, 0.4) is 0 Å². The minimum atomic E-state index is -0.304. The summed E-state index contributed by atoms with van der Waals surface area (Å²) in [6.45, 7) is 6.22. The Kier molecular flexibility index (Phi) is 8.05. The van der Waals surface area contributed by atoms with Gasteiger partial charge in [-0.1, -0.05) is 55.8 Å². The smallest absolute Gasteiger partial charge is 0.319 e. The average molecular weight is 464 g/mol. The molecule has 0 aliphatic carbocycles. The molecule has 0 aliphatic heterocycles. The predicted octanol–water partition coefficient (Wildman–Crippen LogP) is 5.90. The van der Waals surface area contributed by atoms with E-state index in [-0.39, 0.29) is 11.9 Å². The van der Waals surface area contributed by atoms with Crippen molar-refractivity contribution in [3.05, 3.63) is 94.9 Å². The lowest BCUT2D eigenvalue weighted by Crippen LogP contribution is -2.28. The number of amides is 3. The highest BCUT2D eigenvalue weighted by Crippen LogP contribution is 2.19. The molecule has 0 unspecified atom stereocenters. The first-order chi connectivity index (χ1) is 16.0. The highest BCUT2D eigenvalue weighted by atomic mass is 35.5. The first-order valence-electron chi connectivity index (χ1n) is 10.6. The lowest BCUT2D eigenvalue weighted by atomic mass is 10.1. The van der Waals surface area contributed by atoms with E-state index >= 15 is 0 Å². The summed E-state index contributed by atoms with van der Waals surface area (Å²) in [7, 11) is 0. The van der Waals surface area contributed by atoms with Gasteiger partial charge < -0.3 is 16.0 Å². The molecule has 2 aromatic carbocycles. The number of carbonyl (C=O) groups excluding carboxylic acids is 2. The van der Waals surface area contributed by atoms with Crippen LogP contribution in [-0.2, 0) is 6.54 Å². The zero-order chi connectivity index (χ0) is 23.8. The number of urea groups is 1. The van der Waals surface area contributed by atoms with Gasteiger partial charge in [0.25, 0.3) is 5.91 Å². The van der Waals surface area contributed by atoms with E-state index in [0.29, 0.717) is 34.3 Å². The Balaban J connectivity index is 0.00000149. The lowest BCUT2D eigenvalue weighted by Gasteiger charge is -2.12. The third-order valence-electron chi connectivity index (χ3n) is 4.74. The van der Waals surface area contributed by atoms with E-state index in [4.69, 9.17) is 11.6 Å². The largest absolute Gasteiger partial charge is 0.334 e. The predicted molar refractivity (Wildman–Crippen MR) is 133 cm³/mol. The number of hydrogen-bond acceptors (Lipinski definition) is 3. The molecule has 0 radical (unpaired) electrons. The van der Waals surface area contributed by atoms with Crippen molar-refractivity contribution in [3.8, 4) is 0 Å². The maximum atomic E-state index is 12.8. The van der Waals surface area contributed by atoms with Crippen LogP contribution in [0.4, 0.5) is 16.2 Å². The van der Waals surface area contributed by atoms with Gasteiger partial charge in [0.1, 0.15) is 11.3 Å². The first-order valence-corrected chi connectivity index (χ1v) is 11.0. The molecule has 0 saturated heterocycles. The maximum absolute atomic E-state index is 12.8. The van der Waals surface area contributed by atoms with Crippen LogP contribution >= 0.6 is 11.6 Å². The van der Waals surface area contributed by atoms with Crippen LogP contribution in [0.25, 0.3) is 5.65 Å². The SMILES string of the molecule is CC.Cc1ccc(CNC(=O)Nc2ccccc2)cc1NC(=O)c1cnc2cc(Cl)ccn12. The molecule has 33 heavy (non-hydrogen) atoms. The summed E-state index contributed by atoms with van der Waals surface area (Å²) in [6.07, 6.45) is 3.22. The number of benzene rings is 2. The van der Waals surface area contributed by atoms with Crippen molar-refractivity contribution in [1.82, 2.24) is 14.7 Å². The molecule has 3 amide bonds. The number of rotatable bonds is 5. The monoisotopic (exact) mass is 463 g/mol. The summed E-state index contributed by atoms with van der Waals surface area (Å²) in [5.41, 5.74) is 4.13. The third-order valence-corrected chi connectivity index (χ3v) is 4.98. The Morgan fingerprint density at radius 1 is 1.00 bits per heavy atom. The van der Waals surface area contributed by atoms with E-state index < -0.39 is 0 Å². The van der Waals surface area contributed by atoms with Crippen LogP contribution in [0.5, 0.6) is 0 Å². The molecule has 2 aromatic heterocycles. The van der Waals surface area contributed by atoms with Crippen molar-refractivity contribution in [2.24, 2.45) is 0 Å². The molecule has 0 bridgehead atoms. The summed E-state index contributed by atoms with van der Waals surface area (Å²) in [4.78, 5) is 29.2. The Morgan fingerprint density at radius 3 is 2.52 bits per heavy atom. The molecule has 0 saturated carbocycles. The highest BCUT2D eigenvalue weighted by molar-refractivity contribution is 6.30. The van der Waals surface area contributed by atoms with Crippen LogP contribution < -0.4 is 16.0 Å². The number of para-hydroxylation sites is 1. The van der Waals surface area contributed by atoms with Crippen molar-refractivity contribution in [2.75, 3.05) is 10.6 Å². The number of nitrogens with zero attached hydrogens (tertiary/aromatic N) is 2. The molecule has 4 aromatic rings. The molecule has 0 aliphatic rings. The van der Waals surface area contributed by atoms with Crippen molar-refractivity contribution in [1.29, 1.82) is 0 Å². The molecule has 0 atom stereocenters. The van der Waals surface area contributed by atoms with Gasteiger partial charge in [0.2, 0.25) is 0 Å². The van der Waals surface area contributed by atoms with Gasteiger partial charge in [0.15, 0.2) is 0 Å². The summed E-state index contributed by atoms with van der Waals surface area (Å²) >= 11 is 5.98. The van der Waals surface area contributed by atoms with Crippen LogP contribution in [0.1, 0.15) is 35.5 Å². The van der Waals surface area contributed by atoms with Crippen LogP contribution in [0.15, 0.2) is 73.1 Å². The second-order valence-electron chi connectivity index (χ2n) is 6.99. The van der Waals surface area contributed by atoms with Gasteiger partial charge in [-0.2, -0.15) is 0 Å². The maximum Gasteiger partial charge on any atom is 0.319 e. The molecular formula is C25H26ClN5O2. The van der Waals surface area contributed by atoms with Gasteiger partial charge in [-0.05, 0) is 42.3 Å². The van der Waals surface area contributed by atoms with Gasteiger partial charge in [0.05, 0.1) is 6.20 Å². The highest BCUT2D eigenvalue weighted by Gasteiger charge is 2.14. The van der Waals surface area contributed by atoms with Crippen molar-refractivity contribution >= 4 is 40.6 Å². The van der Waals surface area contributed by atoms with E-state index in [9.17, 15) is 9.59 Å². The van der Waals surface area contributed by atoms with E-state index in [2.05, 4.69) is 20.9 Å². The third kappa shape index (κ3) is 6.11. The number of hydrogen-bond donors (Lipinski definition) is 3. The Labute approximate surface area is 197 Å². The molecule has 170 valence electrons. The van der Waals surface area contributed by atoms with Gasteiger partial charge in [-0.3, -0.25) is 9.20 Å². The summed E-state index contributed by atoms with van der Waals surface area (Å²) in [6, 6.07) is 17.9. The van der Waals surface area contributed by atoms with Gasteiger partial charge in [-0.25, -0.2) is 9.78 Å². The molecule has 7 nitrogen and oxygen atoms in total. The first kappa shape index (κ1) is 23.8. The fraction of sp³-hybridized carbons (Fsp3) is 0.160. The minimum absolute atomic E-state index is 0.287. The topological polar surface area (TPSA) is 87.5 Å². The molecule has 4 rings (SSSR count). The second kappa shape index (κ2) is 11.2. The standard InChI is InChI=1S/C23H20ClN5O2.C2H6/c1-15-7-8-16(13-26-23(31)27-18-5-3-2-4-6-18)11-19(15)28-22(30)20-14-25-21-12-17(24)9-10-29(20)21;1-2/h2-12,14H,13H2,1H3,(H,28,30)(H2,26,27,31);1-2H3. The molecule has 2 heterocycles. The summed E-state index contributed by atoms with van der Waals surface area (Å²) in [5.74, 6) is -0.287. The quantitative estimate of drug-likeness (QED) is 0.344. The lowest BCUT2D eigenvalue weighted by molar-refractivity contribution is 0.102. The number of aryl methyl sites for hydroxylation is 1. The Bertz CT molecular complexity index is 1250. The van der Waals surface area contributed by atoms with E-state index in [1.54, 1.807) is 22.7 Å². The van der Waals surface area contributed by atoms with Crippen LogP contribution in [0, 0.1) is 6.92 Å². The number of aromatic nitrogens is 2. The van der Waals surface area contributed by atoms with Crippen LogP contribution in [-0.4, -0.2) is 21.3 Å². The number of carbonyl (C=O) groups is 2. The minimum Gasteiger partial charge on any atom is -0.334 e. The Hall–Kier alpha value is -3.84. The molecule has 8 heteroatoms. The van der Waals surface area contributed by atoms with E-state index in [1.165, 1.54) is 6.20 Å². The van der Waals surface area contributed by atoms with Crippen molar-refractivity contribution < 1.29 is 9.59 Å². The molecule has 0 spiro atoms. The Morgan fingerprint density at radius 2 is 1.76 bits per heavy atom. The average Bonchev–Trinajstić information content (AvgIpc) is 3.24. The van der Waals surface area contributed by atoms with Gasteiger partial charge >= 0.3 is 6.03 Å². The normalized spacial score (nSPS) is 10.2. The second-order valence-corrected chi connectivity index (χ2v) is 7.43. The molecule has 3 N–H and O–H groups in total. The number of halogens is 1. The van der Waals surface area contributed by atoms with Crippen molar-refractivity contribution in [2.45, 2.75) is 27.3 Å².